The maximum Gasteiger partial charge on any atom is 0.316 e. The highest BCUT2D eigenvalue weighted by Crippen LogP contribution is 2.42. The second-order valence-electron chi connectivity index (χ2n) is 6.61. The van der Waals surface area contributed by atoms with Gasteiger partial charge in [0.05, 0.1) is 5.39 Å². The molecule has 3 aromatic rings. The zero-order valence-corrected chi connectivity index (χ0v) is 18.0. The second-order valence-corrected chi connectivity index (χ2v) is 9.36. The molecule has 7 heteroatoms. The molecule has 0 saturated carbocycles. The monoisotopic (exact) mass is 420 g/mol. The summed E-state index contributed by atoms with van der Waals surface area (Å²) in [6, 6.07) is 8.55. The van der Waals surface area contributed by atoms with Gasteiger partial charge in [0.1, 0.15) is 15.2 Å². The van der Waals surface area contributed by atoms with Crippen LogP contribution in [0.4, 0.5) is 0 Å². The summed E-state index contributed by atoms with van der Waals surface area (Å²) in [5.41, 5.74) is 3.48. The van der Waals surface area contributed by atoms with Gasteiger partial charge < -0.3 is 5.11 Å². The van der Waals surface area contributed by atoms with Gasteiger partial charge in [-0.2, -0.15) is 0 Å². The lowest BCUT2D eigenvalue weighted by Gasteiger charge is -2.09. The number of carbonyl (C=O) groups is 1. The van der Waals surface area contributed by atoms with Crippen LogP contribution < -0.4 is 0 Å². The zero-order valence-electron chi connectivity index (χ0n) is 15.6. The summed E-state index contributed by atoms with van der Waals surface area (Å²) < 4.78 is 0. The maximum atomic E-state index is 11.1. The summed E-state index contributed by atoms with van der Waals surface area (Å²) in [6.45, 7) is 8.07. The van der Waals surface area contributed by atoms with E-state index in [1.54, 1.807) is 18.3 Å². The molecule has 0 amide bonds. The van der Waals surface area contributed by atoms with Crippen molar-refractivity contribution in [2.24, 2.45) is 0 Å². The van der Waals surface area contributed by atoms with Crippen molar-refractivity contribution in [3.63, 3.8) is 0 Å². The van der Waals surface area contributed by atoms with Crippen LogP contribution in [0, 0.1) is 0 Å². The molecule has 0 saturated heterocycles. The summed E-state index contributed by atoms with van der Waals surface area (Å²) in [4.78, 5) is 22.1. The molecule has 0 bridgehead atoms. The van der Waals surface area contributed by atoms with Gasteiger partial charge in [-0.1, -0.05) is 68.4 Å². The fraction of sp³-hybridized carbons (Fsp3) is 0.350. The molecule has 1 atom stereocenters. The third-order valence-electron chi connectivity index (χ3n) is 4.38. The van der Waals surface area contributed by atoms with E-state index in [1.807, 2.05) is 0 Å². The van der Waals surface area contributed by atoms with Crippen molar-refractivity contribution in [1.82, 2.24) is 9.97 Å². The minimum atomic E-state index is -0.897. The van der Waals surface area contributed by atoms with Crippen molar-refractivity contribution in [2.45, 2.75) is 50.4 Å². The third-order valence-corrected chi connectivity index (χ3v) is 6.83. The van der Waals surface area contributed by atoms with Crippen LogP contribution in [0.2, 0.25) is 5.15 Å². The highest BCUT2D eigenvalue weighted by Gasteiger charge is 2.21. The predicted molar refractivity (Wildman–Crippen MR) is 114 cm³/mol. The van der Waals surface area contributed by atoms with Crippen molar-refractivity contribution in [1.29, 1.82) is 0 Å². The molecule has 0 aliphatic heterocycles. The molecule has 4 nitrogen and oxygen atoms in total. The molecule has 1 unspecified atom stereocenters. The number of thioether (sulfide) groups is 1. The average Bonchev–Trinajstić information content (AvgIpc) is 3.00. The van der Waals surface area contributed by atoms with Gasteiger partial charge >= 0.3 is 5.97 Å². The van der Waals surface area contributed by atoms with Crippen LogP contribution >= 0.6 is 34.7 Å². The highest BCUT2D eigenvalue weighted by molar-refractivity contribution is 8.00. The van der Waals surface area contributed by atoms with E-state index >= 15 is 0 Å². The van der Waals surface area contributed by atoms with E-state index < -0.39 is 11.2 Å². The molecule has 2 heterocycles. The Bertz CT molecular complexity index is 984. The molecule has 0 aliphatic rings. The van der Waals surface area contributed by atoms with Crippen molar-refractivity contribution < 1.29 is 9.90 Å². The topological polar surface area (TPSA) is 63.1 Å². The van der Waals surface area contributed by atoms with Gasteiger partial charge in [0.25, 0.3) is 0 Å². The first kappa shape index (κ1) is 20.1. The lowest BCUT2D eigenvalue weighted by atomic mass is 9.97. The lowest BCUT2D eigenvalue weighted by molar-refractivity contribution is -0.136. The Labute approximate surface area is 172 Å². The van der Waals surface area contributed by atoms with Gasteiger partial charge in [0.2, 0.25) is 0 Å². The van der Waals surface area contributed by atoms with E-state index in [0.717, 1.165) is 39.5 Å². The van der Waals surface area contributed by atoms with Crippen LogP contribution in [0.1, 0.15) is 44.1 Å². The minimum absolute atomic E-state index is 0.374. The Hall–Kier alpha value is -1.63. The Balaban J connectivity index is 2.11. The fourth-order valence-corrected chi connectivity index (χ4v) is 5.10. The van der Waals surface area contributed by atoms with Crippen LogP contribution in [0.3, 0.4) is 0 Å². The van der Waals surface area contributed by atoms with Crippen molar-refractivity contribution in [2.75, 3.05) is 0 Å². The average molecular weight is 421 g/mol. The molecule has 0 spiro atoms. The standard InChI is InChI=1S/C20H21ClN2O2S2/c1-5-14-15(13-8-6-12(7-9-13)10(2)3)16-17(21)22-20(23-18(16)27-14)26-11(4)19(24)25/h6-11H,5H2,1-4H3,(H,24,25). The predicted octanol–water partition coefficient (Wildman–Crippen LogP) is 6.26. The smallest absolute Gasteiger partial charge is 0.316 e. The van der Waals surface area contributed by atoms with Crippen LogP contribution in [-0.2, 0) is 11.2 Å². The first-order valence-corrected chi connectivity index (χ1v) is 10.9. The first-order chi connectivity index (χ1) is 12.8. The van der Waals surface area contributed by atoms with E-state index in [9.17, 15) is 4.79 Å². The molecule has 0 radical (unpaired) electrons. The number of rotatable bonds is 6. The third kappa shape index (κ3) is 4.13. The van der Waals surface area contributed by atoms with Gasteiger partial charge in [-0.3, -0.25) is 4.79 Å². The quantitative estimate of drug-likeness (QED) is 0.289. The molecular weight excluding hydrogens is 400 g/mol. The molecule has 142 valence electrons. The Morgan fingerprint density at radius 2 is 1.89 bits per heavy atom. The summed E-state index contributed by atoms with van der Waals surface area (Å²) in [7, 11) is 0. The molecule has 1 N–H and O–H groups in total. The number of hydrogen-bond donors (Lipinski definition) is 1. The highest BCUT2D eigenvalue weighted by atomic mass is 35.5. The zero-order chi connectivity index (χ0) is 19.7. The van der Waals surface area contributed by atoms with Gasteiger partial charge in [0.15, 0.2) is 5.16 Å². The van der Waals surface area contributed by atoms with Crippen LogP contribution in [0.25, 0.3) is 21.3 Å². The number of fused-ring (bicyclic) bond motifs is 1. The summed E-state index contributed by atoms with van der Waals surface area (Å²) in [5.74, 6) is -0.419. The molecule has 1 aromatic carbocycles. The van der Waals surface area contributed by atoms with Gasteiger partial charge in [-0.05, 0) is 30.4 Å². The lowest BCUT2D eigenvalue weighted by Crippen LogP contribution is -2.11. The van der Waals surface area contributed by atoms with Gasteiger partial charge in [-0.25, -0.2) is 9.97 Å². The number of carboxylic acid groups (broad SMARTS) is 1. The molecule has 2 aromatic heterocycles. The van der Waals surface area contributed by atoms with E-state index in [0.29, 0.717) is 16.2 Å². The maximum absolute atomic E-state index is 11.1. The molecule has 3 rings (SSSR count). The number of carboxylic acids is 1. The Morgan fingerprint density at radius 1 is 1.22 bits per heavy atom. The SMILES string of the molecule is CCc1sc2nc(SC(C)C(=O)O)nc(Cl)c2c1-c1ccc(C(C)C)cc1. The Kier molecular flexibility index (Phi) is 6.08. The number of thiophene rings is 1. The first-order valence-electron chi connectivity index (χ1n) is 8.80. The number of aromatic nitrogens is 2. The number of benzene rings is 1. The van der Waals surface area contributed by atoms with Crippen LogP contribution in [-0.4, -0.2) is 26.3 Å². The summed E-state index contributed by atoms with van der Waals surface area (Å²) >= 11 is 9.23. The molecule has 0 fully saturated rings. The van der Waals surface area contributed by atoms with E-state index in [2.05, 4.69) is 55.0 Å². The minimum Gasteiger partial charge on any atom is -0.480 e. The second kappa shape index (κ2) is 8.17. The number of aliphatic carboxylic acids is 1. The van der Waals surface area contributed by atoms with E-state index in [1.165, 1.54) is 10.4 Å². The van der Waals surface area contributed by atoms with Crippen LogP contribution in [0.5, 0.6) is 0 Å². The normalized spacial score (nSPS) is 12.7. The van der Waals surface area contributed by atoms with Crippen LogP contribution in [0.15, 0.2) is 29.4 Å². The molecular formula is C20H21ClN2O2S2. The summed E-state index contributed by atoms with van der Waals surface area (Å²) in [5, 5.41) is 10.1. The van der Waals surface area contributed by atoms with Crippen molar-refractivity contribution in [3.8, 4) is 11.1 Å². The largest absolute Gasteiger partial charge is 0.480 e. The molecule has 0 aliphatic carbocycles. The van der Waals surface area contributed by atoms with Gasteiger partial charge in [-0.15, -0.1) is 11.3 Å². The Morgan fingerprint density at radius 3 is 2.44 bits per heavy atom. The molecule has 27 heavy (non-hydrogen) atoms. The van der Waals surface area contributed by atoms with E-state index in [4.69, 9.17) is 16.7 Å². The fourth-order valence-electron chi connectivity index (χ4n) is 2.84. The van der Waals surface area contributed by atoms with Crippen molar-refractivity contribution >= 4 is 50.9 Å². The number of halogens is 1. The number of aryl methyl sites for hydroxylation is 1. The van der Waals surface area contributed by atoms with E-state index in [-0.39, 0.29) is 0 Å². The van der Waals surface area contributed by atoms with Gasteiger partial charge in [0, 0.05) is 10.4 Å². The van der Waals surface area contributed by atoms with Crippen molar-refractivity contribution in [3.05, 3.63) is 39.9 Å². The number of nitrogens with zero attached hydrogens (tertiary/aromatic N) is 2. The summed E-state index contributed by atoms with van der Waals surface area (Å²) in [6.07, 6.45) is 0.868. The number of hydrogen-bond acceptors (Lipinski definition) is 5.